The van der Waals surface area contributed by atoms with Crippen molar-refractivity contribution in [2.45, 2.75) is 19.8 Å². The summed E-state index contributed by atoms with van der Waals surface area (Å²) >= 11 is 0. The number of aryl methyl sites for hydroxylation is 1. The lowest BCUT2D eigenvalue weighted by Gasteiger charge is -2.30. The number of rotatable bonds is 2. The molecule has 0 aromatic carbocycles. The van der Waals surface area contributed by atoms with Crippen molar-refractivity contribution in [3.8, 4) is 0 Å². The van der Waals surface area contributed by atoms with Gasteiger partial charge in [0.1, 0.15) is 5.82 Å². The average molecular weight is 277 g/mol. The standard InChI is InChI=1S/C14H19N3O3/c1-10-5-6-12(15-8-10)16-13(18)11-4-3-7-17(9-11)14(19)20-2/h5-6,8,11H,3-4,7,9H2,1-2H3,(H,15,16,18). The van der Waals surface area contributed by atoms with Crippen molar-refractivity contribution in [1.82, 2.24) is 9.88 Å². The molecule has 1 saturated heterocycles. The summed E-state index contributed by atoms with van der Waals surface area (Å²) in [7, 11) is 1.35. The number of aromatic nitrogens is 1. The summed E-state index contributed by atoms with van der Waals surface area (Å²) in [6.45, 7) is 2.97. The van der Waals surface area contributed by atoms with Crippen LogP contribution in [-0.4, -0.2) is 42.1 Å². The number of methoxy groups -OCH3 is 1. The Kier molecular flexibility index (Phi) is 4.55. The Balaban J connectivity index is 1.95. The minimum atomic E-state index is -0.379. The molecular weight excluding hydrogens is 258 g/mol. The normalized spacial score (nSPS) is 18.5. The van der Waals surface area contributed by atoms with Crippen molar-refractivity contribution in [2.75, 3.05) is 25.5 Å². The van der Waals surface area contributed by atoms with Crippen LogP contribution in [0.1, 0.15) is 18.4 Å². The van der Waals surface area contributed by atoms with Gasteiger partial charge in [-0.05, 0) is 31.4 Å². The van der Waals surface area contributed by atoms with E-state index in [1.165, 1.54) is 7.11 Å². The summed E-state index contributed by atoms with van der Waals surface area (Å²) in [5.41, 5.74) is 1.04. The number of hydrogen-bond acceptors (Lipinski definition) is 4. The molecule has 0 aliphatic carbocycles. The first-order valence-corrected chi connectivity index (χ1v) is 6.66. The van der Waals surface area contributed by atoms with Crippen LogP contribution < -0.4 is 5.32 Å². The van der Waals surface area contributed by atoms with Crippen LogP contribution in [0.4, 0.5) is 10.6 Å². The first kappa shape index (κ1) is 14.3. The van der Waals surface area contributed by atoms with E-state index in [9.17, 15) is 9.59 Å². The lowest BCUT2D eigenvalue weighted by molar-refractivity contribution is -0.121. The summed E-state index contributed by atoms with van der Waals surface area (Å²) < 4.78 is 4.69. The molecule has 108 valence electrons. The Morgan fingerprint density at radius 2 is 2.25 bits per heavy atom. The van der Waals surface area contributed by atoms with Gasteiger partial charge in [0, 0.05) is 19.3 Å². The van der Waals surface area contributed by atoms with E-state index in [0.29, 0.717) is 18.9 Å². The van der Waals surface area contributed by atoms with E-state index in [1.54, 1.807) is 17.2 Å². The van der Waals surface area contributed by atoms with E-state index in [2.05, 4.69) is 10.3 Å². The molecule has 6 heteroatoms. The van der Waals surface area contributed by atoms with Crippen molar-refractivity contribution < 1.29 is 14.3 Å². The van der Waals surface area contributed by atoms with Crippen molar-refractivity contribution >= 4 is 17.8 Å². The molecule has 1 N–H and O–H groups in total. The van der Waals surface area contributed by atoms with E-state index in [0.717, 1.165) is 18.4 Å². The Labute approximate surface area is 118 Å². The molecule has 1 unspecified atom stereocenters. The third kappa shape index (κ3) is 3.46. The topological polar surface area (TPSA) is 71.5 Å². The van der Waals surface area contributed by atoms with Gasteiger partial charge in [0.05, 0.1) is 13.0 Å². The maximum absolute atomic E-state index is 12.2. The van der Waals surface area contributed by atoms with Gasteiger partial charge in [-0.2, -0.15) is 0 Å². The van der Waals surface area contributed by atoms with Gasteiger partial charge in [-0.3, -0.25) is 4.79 Å². The van der Waals surface area contributed by atoms with Crippen LogP contribution >= 0.6 is 0 Å². The molecule has 0 spiro atoms. The third-order valence-corrected chi connectivity index (χ3v) is 3.39. The zero-order valence-corrected chi connectivity index (χ0v) is 11.8. The van der Waals surface area contributed by atoms with Crippen LogP contribution in [0, 0.1) is 12.8 Å². The van der Waals surface area contributed by atoms with Crippen LogP contribution in [0.5, 0.6) is 0 Å². The number of carbonyl (C=O) groups is 2. The van der Waals surface area contributed by atoms with Crippen molar-refractivity contribution in [3.63, 3.8) is 0 Å². The third-order valence-electron chi connectivity index (χ3n) is 3.39. The van der Waals surface area contributed by atoms with Gasteiger partial charge in [-0.25, -0.2) is 9.78 Å². The number of hydrogen-bond donors (Lipinski definition) is 1. The minimum Gasteiger partial charge on any atom is -0.453 e. The molecule has 1 aromatic rings. The monoisotopic (exact) mass is 277 g/mol. The molecule has 6 nitrogen and oxygen atoms in total. The van der Waals surface area contributed by atoms with Gasteiger partial charge < -0.3 is 15.0 Å². The first-order chi connectivity index (χ1) is 9.60. The van der Waals surface area contributed by atoms with E-state index < -0.39 is 0 Å². The summed E-state index contributed by atoms with van der Waals surface area (Å²) in [6.07, 6.45) is 2.90. The minimum absolute atomic E-state index is 0.102. The molecule has 1 fully saturated rings. The number of pyridine rings is 1. The van der Waals surface area contributed by atoms with Gasteiger partial charge >= 0.3 is 6.09 Å². The zero-order valence-electron chi connectivity index (χ0n) is 11.8. The molecule has 1 atom stereocenters. The number of ether oxygens (including phenoxy) is 1. The lowest BCUT2D eigenvalue weighted by Crippen LogP contribution is -2.43. The number of piperidine rings is 1. The van der Waals surface area contributed by atoms with Crippen LogP contribution in [-0.2, 0) is 9.53 Å². The highest BCUT2D eigenvalue weighted by molar-refractivity contribution is 5.92. The van der Waals surface area contributed by atoms with Crippen LogP contribution in [0.25, 0.3) is 0 Å². The van der Waals surface area contributed by atoms with Gasteiger partial charge in [0.15, 0.2) is 0 Å². The second-order valence-corrected chi connectivity index (χ2v) is 4.97. The molecular formula is C14H19N3O3. The fourth-order valence-corrected chi connectivity index (χ4v) is 2.26. The van der Waals surface area contributed by atoms with E-state index in [-0.39, 0.29) is 17.9 Å². The molecule has 2 heterocycles. The predicted octanol–water partition coefficient (Wildman–Crippen LogP) is 1.81. The van der Waals surface area contributed by atoms with E-state index >= 15 is 0 Å². The molecule has 1 aromatic heterocycles. The van der Waals surface area contributed by atoms with E-state index in [1.807, 2.05) is 13.0 Å². The number of anilines is 1. The van der Waals surface area contributed by atoms with Gasteiger partial charge in [0.25, 0.3) is 0 Å². The van der Waals surface area contributed by atoms with Gasteiger partial charge in [-0.15, -0.1) is 0 Å². The molecule has 1 aliphatic heterocycles. The SMILES string of the molecule is COC(=O)N1CCCC(C(=O)Nc2ccc(C)cn2)C1. The quantitative estimate of drug-likeness (QED) is 0.895. The fourth-order valence-electron chi connectivity index (χ4n) is 2.26. The average Bonchev–Trinajstić information content (AvgIpc) is 2.49. The lowest BCUT2D eigenvalue weighted by atomic mass is 9.97. The largest absolute Gasteiger partial charge is 0.453 e. The second-order valence-electron chi connectivity index (χ2n) is 4.97. The highest BCUT2D eigenvalue weighted by Gasteiger charge is 2.28. The summed E-state index contributed by atoms with van der Waals surface area (Å²) in [4.78, 5) is 29.4. The number of likely N-dealkylation sites (tertiary alicyclic amines) is 1. The van der Waals surface area contributed by atoms with Crippen LogP contribution in [0.2, 0.25) is 0 Å². The molecule has 2 rings (SSSR count). The number of carbonyl (C=O) groups excluding carboxylic acids is 2. The van der Waals surface area contributed by atoms with Crippen molar-refractivity contribution in [1.29, 1.82) is 0 Å². The Bertz CT molecular complexity index is 487. The van der Waals surface area contributed by atoms with Crippen molar-refractivity contribution in [3.05, 3.63) is 23.9 Å². The zero-order chi connectivity index (χ0) is 14.5. The van der Waals surface area contributed by atoms with Gasteiger partial charge in [-0.1, -0.05) is 6.07 Å². The number of amides is 2. The second kappa shape index (κ2) is 6.36. The van der Waals surface area contributed by atoms with E-state index in [4.69, 9.17) is 4.74 Å². The molecule has 0 bridgehead atoms. The fraction of sp³-hybridized carbons (Fsp3) is 0.500. The summed E-state index contributed by atoms with van der Waals surface area (Å²) in [6, 6.07) is 3.67. The molecule has 0 saturated carbocycles. The maximum atomic E-state index is 12.2. The maximum Gasteiger partial charge on any atom is 0.409 e. The smallest absolute Gasteiger partial charge is 0.409 e. The highest BCUT2D eigenvalue weighted by atomic mass is 16.5. The molecule has 0 radical (unpaired) electrons. The number of nitrogens with zero attached hydrogens (tertiary/aromatic N) is 2. The Morgan fingerprint density at radius 1 is 1.45 bits per heavy atom. The predicted molar refractivity (Wildman–Crippen MR) is 74.3 cm³/mol. The van der Waals surface area contributed by atoms with Crippen LogP contribution in [0.3, 0.4) is 0 Å². The first-order valence-electron chi connectivity index (χ1n) is 6.66. The van der Waals surface area contributed by atoms with Crippen LogP contribution in [0.15, 0.2) is 18.3 Å². The Morgan fingerprint density at radius 3 is 2.90 bits per heavy atom. The summed E-state index contributed by atoms with van der Waals surface area (Å²) in [5.74, 6) is 0.219. The summed E-state index contributed by atoms with van der Waals surface area (Å²) in [5, 5.41) is 2.79. The van der Waals surface area contributed by atoms with Crippen molar-refractivity contribution in [2.24, 2.45) is 5.92 Å². The molecule has 1 aliphatic rings. The molecule has 20 heavy (non-hydrogen) atoms. The molecule has 2 amide bonds. The highest BCUT2D eigenvalue weighted by Crippen LogP contribution is 2.18. The number of nitrogens with one attached hydrogen (secondary N) is 1. The van der Waals surface area contributed by atoms with Gasteiger partial charge in [0.2, 0.25) is 5.91 Å². The Hall–Kier alpha value is -2.11.